The normalized spacial score (nSPS) is 14.0. The van der Waals surface area contributed by atoms with E-state index in [9.17, 15) is 9.59 Å². The molecule has 3 amide bonds. The van der Waals surface area contributed by atoms with Gasteiger partial charge in [0.2, 0.25) is 5.91 Å². The number of nitrogens with zero attached hydrogens (tertiary/aromatic N) is 2. The molecule has 0 spiro atoms. The van der Waals surface area contributed by atoms with Gasteiger partial charge >= 0.3 is 6.03 Å². The van der Waals surface area contributed by atoms with Gasteiger partial charge in [-0.25, -0.2) is 4.79 Å². The van der Waals surface area contributed by atoms with Gasteiger partial charge in [0.05, 0.1) is 0 Å². The minimum absolute atomic E-state index is 0.0521. The highest BCUT2D eigenvalue weighted by molar-refractivity contribution is 6.31. The first-order valence-corrected chi connectivity index (χ1v) is 9.12. The molecule has 1 heterocycles. The number of benzene rings is 2. The summed E-state index contributed by atoms with van der Waals surface area (Å²) in [5, 5.41) is 4.12. The third-order valence-electron chi connectivity index (χ3n) is 4.20. The van der Waals surface area contributed by atoms with Crippen LogP contribution in [-0.4, -0.2) is 43.0 Å². The number of urea groups is 1. The van der Waals surface area contributed by atoms with Crippen LogP contribution < -0.4 is 10.2 Å². The van der Waals surface area contributed by atoms with Crippen LogP contribution in [0.1, 0.15) is 5.56 Å². The van der Waals surface area contributed by atoms with Crippen molar-refractivity contribution >= 4 is 40.8 Å². The molecular weight excluding hydrogens is 373 g/mol. The monoisotopic (exact) mass is 391 g/mol. The fraction of sp³-hybridized carbons (Fsp3) is 0.263. The van der Waals surface area contributed by atoms with E-state index in [0.29, 0.717) is 36.1 Å². The van der Waals surface area contributed by atoms with Crippen molar-refractivity contribution < 1.29 is 9.59 Å². The Morgan fingerprint density at radius 1 is 1.04 bits per heavy atom. The van der Waals surface area contributed by atoms with Gasteiger partial charge in [-0.05, 0) is 42.3 Å². The minimum Gasteiger partial charge on any atom is -0.354 e. The Morgan fingerprint density at radius 3 is 2.54 bits per heavy atom. The molecule has 2 aromatic carbocycles. The first kappa shape index (κ1) is 18.5. The summed E-state index contributed by atoms with van der Waals surface area (Å²) in [6, 6.07) is 14.5. The molecule has 5 nitrogen and oxygen atoms in total. The molecule has 7 heteroatoms. The lowest BCUT2D eigenvalue weighted by Crippen LogP contribution is -2.40. The fourth-order valence-corrected chi connectivity index (χ4v) is 3.15. The van der Waals surface area contributed by atoms with E-state index in [1.54, 1.807) is 28.0 Å². The van der Waals surface area contributed by atoms with Gasteiger partial charge in [-0.1, -0.05) is 41.4 Å². The smallest absolute Gasteiger partial charge is 0.325 e. The summed E-state index contributed by atoms with van der Waals surface area (Å²) < 4.78 is 0. The zero-order valence-corrected chi connectivity index (χ0v) is 15.6. The summed E-state index contributed by atoms with van der Waals surface area (Å²) in [7, 11) is 0. The summed E-state index contributed by atoms with van der Waals surface area (Å²) in [6.45, 7) is 1.62. The molecule has 1 saturated heterocycles. The van der Waals surface area contributed by atoms with Gasteiger partial charge in [0, 0.05) is 35.4 Å². The van der Waals surface area contributed by atoms with Crippen LogP contribution in [0.15, 0.2) is 48.5 Å². The predicted molar refractivity (Wildman–Crippen MR) is 104 cm³/mol. The molecule has 1 fully saturated rings. The van der Waals surface area contributed by atoms with Crippen LogP contribution in [0.2, 0.25) is 10.0 Å². The molecule has 26 heavy (non-hydrogen) atoms. The zero-order valence-electron chi connectivity index (χ0n) is 14.1. The number of hydrogen-bond acceptors (Lipinski definition) is 2. The molecule has 0 radical (unpaired) electrons. The number of nitrogens with one attached hydrogen (secondary N) is 1. The molecule has 3 rings (SSSR count). The third kappa shape index (κ3) is 4.68. The summed E-state index contributed by atoms with van der Waals surface area (Å²) in [4.78, 5) is 27.8. The summed E-state index contributed by atoms with van der Waals surface area (Å²) in [5.41, 5.74) is 1.84. The standard InChI is InChI=1S/C19H19Cl2N3O2/c20-15-6-4-14(5-7-15)8-9-22-18(25)13-23-10-11-24(19(23)26)17-3-1-2-16(21)12-17/h1-7,12H,8-11,13H2,(H,22,25). The van der Waals surface area contributed by atoms with Crippen molar-refractivity contribution in [3.05, 3.63) is 64.1 Å². The first-order valence-electron chi connectivity index (χ1n) is 8.36. The Kier molecular flexibility index (Phi) is 6.01. The van der Waals surface area contributed by atoms with E-state index in [1.165, 1.54) is 0 Å². The Bertz CT molecular complexity index is 796. The maximum Gasteiger partial charge on any atom is 0.325 e. The SMILES string of the molecule is O=C(CN1CCN(c2cccc(Cl)c2)C1=O)NCCc1ccc(Cl)cc1. The number of carbonyl (C=O) groups excluding carboxylic acids is 2. The molecule has 0 atom stereocenters. The van der Waals surface area contributed by atoms with Crippen LogP contribution in [0.25, 0.3) is 0 Å². The molecular formula is C19H19Cl2N3O2. The van der Waals surface area contributed by atoms with Gasteiger partial charge in [-0.2, -0.15) is 0 Å². The molecule has 0 bridgehead atoms. The van der Waals surface area contributed by atoms with Gasteiger partial charge in [-0.3, -0.25) is 9.69 Å². The van der Waals surface area contributed by atoms with Crippen LogP contribution in [0, 0.1) is 0 Å². The van der Waals surface area contributed by atoms with Crippen LogP contribution in [-0.2, 0) is 11.2 Å². The molecule has 136 valence electrons. The van der Waals surface area contributed by atoms with Gasteiger partial charge in [0.1, 0.15) is 6.54 Å². The van der Waals surface area contributed by atoms with Crippen LogP contribution in [0.5, 0.6) is 0 Å². The van der Waals surface area contributed by atoms with Crippen LogP contribution >= 0.6 is 23.2 Å². The Balaban J connectivity index is 1.47. The average molecular weight is 392 g/mol. The second kappa shape index (κ2) is 8.43. The van der Waals surface area contributed by atoms with Crippen molar-refractivity contribution in [3.8, 4) is 0 Å². The molecule has 0 unspecified atom stereocenters. The van der Waals surface area contributed by atoms with Crippen molar-refractivity contribution in [2.45, 2.75) is 6.42 Å². The van der Waals surface area contributed by atoms with Crippen LogP contribution in [0.4, 0.5) is 10.5 Å². The average Bonchev–Trinajstić information content (AvgIpc) is 2.97. The summed E-state index contributed by atoms with van der Waals surface area (Å²) in [5.74, 6) is -0.166. The zero-order chi connectivity index (χ0) is 18.5. The van der Waals surface area contributed by atoms with Crippen molar-refractivity contribution in [2.75, 3.05) is 31.1 Å². The fourth-order valence-electron chi connectivity index (χ4n) is 2.84. The largest absolute Gasteiger partial charge is 0.354 e. The Labute approximate surface area is 162 Å². The minimum atomic E-state index is -0.180. The summed E-state index contributed by atoms with van der Waals surface area (Å²) in [6.07, 6.45) is 0.714. The second-order valence-corrected chi connectivity index (χ2v) is 6.93. The van der Waals surface area contributed by atoms with E-state index < -0.39 is 0 Å². The van der Waals surface area contributed by atoms with Gasteiger partial charge < -0.3 is 10.2 Å². The highest BCUT2D eigenvalue weighted by Gasteiger charge is 2.30. The van der Waals surface area contributed by atoms with E-state index in [1.807, 2.05) is 30.3 Å². The summed E-state index contributed by atoms with van der Waals surface area (Å²) >= 11 is 11.8. The lowest BCUT2D eigenvalue weighted by molar-refractivity contribution is -0.121. The highest BCUT2D eigenvalue weighted by Crippen LogP contribution is 2.23. The van der Waals surface area contributed by atoms with E-state index in [2.05, 4.69) is 5.32 Å². The maximum absolute atomic E-state index is 12.5. The number of hydrogen-bond donors (Lipinski definition) is 1. The maximum atomic E-state index is 12.5. The lowest BCUT2D eigenvalue weighted by atomic mass is 10.1. The lowest BCUT2D eigenvalue weighted by Gasteiger charge is -2.18. The molecule has 2 aromatic rings. The third-order valence-corrected chi connectivity index (χ3v) is 4.69. The van der Waals surface area contributed by atoms with Crippen molar-refractivity contribution in [3.63, 3.8) is 0 Å². The van der Waals surface area contributed by atoms with E-state index in [4.69, 9.17) is 23.2 Å². The first-order chi connectivity index (χ1) is 12.5. The van der Waals surface area contributed by atoms with Crippen molar-refractivity contribution in [1.82, 2.24) is 10.2 Å². The topological polar surface area (TPSA) is 52.7 Å². The molecule has 1 aliphatic rings. The predicted octanol–water partition coefficient (Wildman–Crippen LogP) is 3.59. The number of anilines is 1. The molecule has 0 aliphatic carbocycles. The number of rotatable bonds is 6. The number of carbonyl (C=O) groups is 2. The van der Waals surface area contributed by atoms with E-state index in [0.717, 1.165) is 11.3 Å². The quantitative estimate of drug-likeness (QED) is 0.817. The number of amides is 3. The molecule has 0 saturated carbocycles. The Morgan fingerprint density at radius 2 is 1.81 bits per heavy atom. The highest BCUT2D eigenvalue weighted by atomic mass is 35.5. The molecule has 1 aliphatic heterocycles. The van der Waals surface area contributed by atoms with Crippen molar-refractivity contribution in [1.29, 1.82) is 0 Å². The van der Waals surface area contributed by atoms with Crippen LogP contribution in [0.3, 0.4) is 0 Å². The van der Waals surface area contributed by atoms with Gasteiger partial charge in [-0.15, -0.1) is 0 Å². The van der Waals surface area contributed by atoms with Crippen molar-refractivity contribution in [2.24, 2.45) is 0 Å². The number of halogens is 2. The van der Waals surface area contributed by atoms with E-state index >= 15 is 0 Å². The van der Waals surface area contributed by atoms with Gasteiger partial charge in [0.15, 0.2) is 0 Å². The van der Waals surface area contributed by atoms with E-state index in [-0.39, 0.29) is 18.5 Å². The molecule has 1 N–H and O–H groups in total. The van der Waals surface area contributed by atoms with Gasteiger partial charge in [0.25, 0.3) is 0 Å². The second-order valence-electron chi connectivity index (χ2n) is 6.06. The Hall–Kier alpha value is -2.24. The molecule has 0 aromatic heterocycles.